The molecule has 0 atom stereocenters. The fourth-order valence-electron chi connectivity index (χ4n) is 1.02. The van der Waals surface area contributed by atoms with Gasteiger partial charge in [0.05, 0.1) is 6.26 Å². The quantitative estimate of drug-likeness (QED) is 0.823. The van der Waals surface area contributed by atoms with Crippen LogP contribution in [0.5, 0.6) is 0 Å². The van der Waals surface area contributed by atoms with Gasteiger partial charge in [0.15, 0.2) is 0 Å². The fraction of sp³-hybridized carbons (Fsp3) is 0.333. The highest BCUT2D eigenvalue weighted by molar-refractivity contribution is 7.88. The molecule has 3 nitrogen and oxygen atoms in total. The summed E-state index contributed by atoms with van der Waals surface area (Å²) in [6, 6.07) is 4.25. The molecular weight excluding hydrogens is 241 g/mol. The number of benzene rings is 1. The van der Waals surface area contributed by atoms with Gasteiger partial charge in [-0.1, -0.05) is 17.7 Å². The summed E-state index contributed by atoms with van der Waals surface area (Å²) in [6.07, 6.45) is 1.06. The van der Waals surface area contributed by atoms with E-state index in [-0.39, 0.29) is 17.1 Å². The summed E-state index contributed by atoms with van der Waals surface area (Å²) in [7, 11) is -1.95. The molecule has 0 radical (unpaired) electrons. The van der Waals surface area contributed by atoms with Gasteiger partial charge in [-0.05, 0) is 12.1 Å². The Morgan fingerprint density at radius 1 is 1.47 bits per heavy atom. The predicted octanol–water partition coefficient (Wildman–Crippen LogP) is 1.87. The Morgan fingerprint density at radius 3 is 2.53 bits per heavy atom. The molecule has 84 valence electrons. The van der Waals surface area contributed by atoms with Crippen molar-refractivity contribution in [1.82, 2.24) is 4.31 Å². The van der Waals surface area contributed by atoms with E-state index in [9.17, 15) is 12.8 Å². The summed E-state index contributed by atoms with van der Waals surface area (Å²) in [6.45, 7) is -0.0651. The molecule has 0 N–H and O–H groups in total. The fourth-order valence-corrected chi connectivity index (χ4v) is 1.61. The van der Waals surface area contributed by atoms with Crippen LogP contribution in [-0.4, -0.2) is 26.0 Å². The number of sulfonamides is 1. The smallest absolute Gasteiger partial charge is 0.211 e. The molecule has 1 aromatic carbocycles. The van der Waals surface area contributed by atoms with E-state index in [4.69, 9.17) is 11.6 Å². The van der Waals surface area contributed by atoms with E-state index in [2.05, 4.69) is 0 Å². The molecule has 0 aliphatic carbocycles. The molecule has 0 spiro atoms. The van der Waals surface area contributed by atoms with E-state index in [1.165, 1.54) is 25.2 Å². The Labute approximate surface area is 93.5 Å². The van der Waals surface area contributed by atoms with Crippen LogP contribution in [0.3, 0.4) is 0 Å². The monoisotopic (exact) mass is 251 g/mol. The van der Waals surface area contributed by atoms with E-state index < -0.39 is 15.8 Å². The molecule has 0 fully saturated rings. The number of nitrogens with zero attached hydrogens (tertiary/aromatic N) is 1. The molecule has 0 aromatic heterocycles. The number of halogens is 2. The minimum atomic E-state index is -3.33. The lowest BCUT2D eigenvalue weighted by Crippen LogP contribution is -2.25. The van der Waals surface area contributed by atoms with Crippen molar-refractivity contribution in [2.45, 2.75) is 6.54 Å². The SMILES string of the molecule is CN(Cc1c(F)cccc1Cl)S(C)(=O)=O. The average molecular weight is 252 g/mol. The van der Waals surface area contributed by atoms with Crippen molar-refractivity contribution < 1.29 is 12.8 Å². The highest BCUT2D eigenvalue weighted by Gasteiger charge is 2.15. The van der Waals surface area contributed by atoms with E-state index in [1.807, 2.05) is 0 Å². The van der Waals surface area contributed by atoms with E-state index in [1.54, 1.807) is 0 Å². The molecule has 15 heavy (non-hydrogen) atoms. The molecule has 6 heteroatoms. The summed E-state index contributed by atoms with van der Waals surface area (Å²) in [5.41, 5.74) is 0.187. The van der Waals surface area contributed by atoms with Gasteiger partial charge in [-0.2, -0.15) is 0 Å². The normalized spacial score (nSPS) is 12.1. The zero-order valence-electron chi connectivity index (χ0n) is 8.37. The van der Waals surface area contributed by atoms with E-state index in [0.717, 1.165) is 10.6 Å². The Bertz CT molecular complexity index is 441. The second-order valence-corrected chi connectivity index (χ2v) is 5.72. The molecule has 1 aromatic rings. The molecule has 0 unspecified atom stereocenters. The zero-order chi connectivity index (χ0) is 11.6. The van der Waals surface area contributed by atoms with Crippen molar-refractivity contribution >= 4 is 21.6 Å². The highest BCUT2D eigenvalue weighted by atomic mass is 35.5. The first-order valence-electron chi connectivity index (χ1n) is 4.16. The van der Waals surface area contributed by atoms with Gasteiger partial charge in [0.2, 0.25) is 10.0 Å². The van der Waals surface area contributed by atoms with Crippen molar-refractivity contribution in [3.8, 4) is 0 Å². The lowest BCUT2D eigenvalue weighted by Gasteiger charge is -2.15. The lowest BCUT2D eigenvalue weighted by atomic mass is 10.2. The van der Waals surface area contributed by atoms with Gasteiger partial charge in [-0.25, -0.2) is 17.1 Å². The molecule has 0 amide bonds. The van der Waals surface area contributed by atoms with Crippen molar-refractivity contribution in [2.24, 2.45) is 0 Å². The lowest BCUT2D eigenvalue weighted by molar-refractivity contribution is 0.461. The Hall–Kier alpha value is -0.650. The van der Waals surface area contributed by atoms with Crippen LogP contribution >= 0.6 is 11.6 Å². The van der Waals surface area contributed by atoms with Gasteiger partial charge >= 0.3 is 0 Å². The molecule has 0 saturated carbocycles. The second kappa shape index (κ2) is 4.47. The predicted molar refractivity (Wildman–Crippen MR) is 57.7 cm³/mol. The van der Waals surface area contributed by atoms with Gasteiger partial charge in [0.25, 0.3) is 0 Å². The molecule has 1 rings (SSSR count). The van der Waals surface area contributed by atoms with Gasteiger partial charge < -0.3 is 0 Å². The van der Waals surface area contributed by atoms with Crippen molar-refractivity contribution in [2.75, 3.05) is 13.3 Å². The van der Waals surface area contributed by atoms with Crippen LogP contribution in [0.2, 0.25) is 5.02 Å². The maximum atomic E-state index is 13.3. The second-order valence-electron chi connectivity index (χ2n) is 3.22. The minimum absolute atomic E-state index is 0.0651. The molecular formula is C9H11ClFNO2S. The number of rotatable bonds is 3. The first-order valence-corrected chi connectivity index (χ1v) is 6.39. The Balaban J connectivity index is 3.00. The molecule has 0 aliphatic heterocycles. The third-order valence-corrected chi connectivity index (χ3v) is 3.62. The summed E-state index contributed by atoms with van der Waals surface area (Å²) in [5.74, 6) is -0.502. The maximum absolute atomic E-state index is 13.3. The third kappa shape index (κ3) is 3.15. The van der Waals surface area contributed by atoms with Crippen LogP contribution < -0.4 is 0 Å². The van der Waals surface area contributed by atoms with Crippen LogP contribution in [0.4, 0.5) is 4.39 Å². The van der Waals surface area contributed by atoms with Gasteiger partial charge in [-0.3, -0.25) is 0 Å². The van der Waals surface area contributed by atoms with Gasteiger partial charge in [0, 0.05) is 24.2 Å². The minimum Gasteiger partial charge on any atom is -0.213 e. The van der Waals surface area contributed by atoms with Crippen LogP contribution in [0, 0.1) is 5.82 Å². The summed E-state index contributed by atoms with van der Waals surface area (Å²) >= 11 is 5.76. The summed E-state index contributed by atoms with van der Waals surface area (Å²) in [5, 5.41) is 0.227. The highest BCUT2D eigenvalue weighted by Crippen LogP contribution is 2.20. The van der Waals surface area contributed by atoms with Gasteiger partial charge in [0.1, 0.15) is 5.82 Å². The molecule has 0 bridgehead atoms. The largest absolute Gasteiger partial charge is 0.213 e. The number of hydrogen-bond donors (Lipinski definition) is 0. The Kier molecular flexibility index (Phi) is 3.70. The topological polar surface area (TPSA) is 37.4 Å². The van der Waals surface area contributed by atoms with Crippen LogP contribution in [0.25, 0.3) is 0 Å². The summed E-state index contributed by atoms with van der Waals surface area (Å²) < 4.78 is 36.6. The zero-order valence-corrected chi connectivity index (χ0v) is 9.94. The Morgan fingerprint density at radius 2 is 2.07 bits per heavy atom. The van der Waals surface area contributed by atoms with Crippen LogP contribution in [0.1, 0.15) is 5.56 Å². The van der Waals surface area contributed by atoms with Crippen LogP contribution in [-0.2, 0) is 16.6 Å². The van der Waals surface area contributed by atoms with Gasteiger partial charge in [-0.15, -0.1) is 0 Å². The first kappa shape index (κ1) is 12.4. The van der Waals surface area contributed by atoms with E-state index in [0.29, 0.717) is 0 Å². The number of hydrogen-bond acceptors (Lipinski definition) is 2. The first-order chi connectivity index (χ1) is 6.82. The standard InChI is InChI=1S/C9H11ClFNO2S/c1-12(15(2,13)14)6-7-8(10)4-3-5-9(7)11/h3-5H,6H2,1-2H3. The van der Waals surface area contributed by atoms with Crippen LogP contribution in [0.15, 0.2) is 18.2 Å². The molecule has 0 saturated heterocycles. The summed E-state index contributed by atoms with van der Waals surface area (Å²) in [4.78, 5) is 0. The van der Waals surface area contributed by atoms with E-state index >= 15 is 0 Å². The average Bonchev–Trinajstić information content (AvgIpc) is 2.09. The third-order valence-electron chi connectivity index (χ3n) is 2.01. The van der Waals surface area contributed by atoms with Crippen molar-refractivity contribution in [1.29, 1.82) is 0 Å². The van der Waals surface area contributed by atoms with Crippen molar-refractivity contribution in [3.63, 3.8) is 0 Å². The maximum Gasteiger partial charge on any atom is 0.211 e. The van der Waals surface area contributed by atoms with Crippen molar-refractivity contribution in [3.05, 3.63) is 34.6 Å². The molecule has 0 aliphatic rings. The molecule has 0 heterocycles.